The molecule has 0 saturated carbocycles. The summed E-state index contributed by atoms with van der Waals surface area (Å²) in [6.45, 7) is 8.33. The van der Waals surface area contributed by atoms with Crippen molar-refractivity contribution in [2.45, 2.75) is 39.9 Å². The molecule has 2 aromatic rings. The molecule has 1 aromatic heterocycles. The molecule has 1 aromatic carbocycles. The number of carbonyl (C=O) groups is 2. The van der Waals surface area contributed by atoms with Gasteiger partial charge >= 0.3 is 5.97 Å². The Morgan fingerprint density at radius 3 is 2.38 bits per heavy atom. The number of morpholine rings is 1. The van der Waals surface area contributed by atoms with E-state index >= 15 is 0 Å². The maximum absolute atomic E-state index is 12.3. The highest BCUT2D eigenvalue weighted by Gasteiger charge is 2.26. The van der Waals surface area contributed by atoms with E-state index in [-0.39, 0.29) is 24.7 Å². The summed E-state index contributed by atoms with van der Waals surface area (Å²) in [4.78, 5) is 35.1. The van der Waals surface area contributed by atoms with Gasteiger partial charge in [0.1, 0.15) is 0 Å². The molecule has 1 amide bonds. The Labute approximate surface area is 152 Å². The second kappa shape index (κ2) is 7.37. The molecule has 0 N–H and O–H groups in total. The molecule has 1 fully saturated rings. The monoisotopic (exact) mass is 357 g/mol. The predicted octanol–water partition coefficient (Wildman–Crippen LogP) is 2.04. The minimum atomic E-state index is -0.547. The number of esters is 1. The lowest BCUT2D eigenvalue weighted by Crippen LogP contribution is -2.49. The molecule has 1 saturated heterocycles. The number of fused-ring (bicyclic) bond motifs is 1. The van der Waals surface area contributed by atoms with Gasteiger partial charge in [-0.05, 0) is 45.9 Å². The van der Waals surface area contributed by atoms with Crippen molar-refractivity contribution in [1.82, 2.24) is 14.9 Å². The SMILES string of the molecule is Cc1nc2ccc(C(=O)OCC(=O)N3C[C@H](C)O[C@@H](C)C3)cc2nc1C. The molecule has 7 nitrogen and oxygen atoms in total. The minimum Gasteiger partial charge on any atom is -0.452 e. The molecule has 0 radical (unpaired) electrons. The van der Waals surface area contributed by atoms with Gasteiger partial charge in [0.25, 0.3) is 5.91 Å². The number of nitrogens with zero attached hydrogens (tertiary/aromatic N) is 3. The normalized spacial score (nSPS) is 20.2. The van der Waals surface area contributed by atoms with Crippen LogP contribution >= 0.6 is 0 Å². The third kappa shape index (κ3) is 3.99. The van der Waals surface area contributed by atoms with Gasteiger partial charge < -0.3 is 14.4 Å². The zero-order valence-corrected chi connectivity index (χ0v) is 15.5. The highest BCUT2D eigenvalue weighted by atomic mass is 16.5. The van der Waals surface area contributed by atoms with E-state index in [0.29, 0.717) is 24.2 Å². The maximum atomic E-state index is 12.3. The summed E-state index contributed by atoms with van der Waals surface area (Å²) in [6.07, 6.45) is -0.0479. The lowest BCUT2D eigenvalue weighted by molar-refractivity contribution is -0.146. The van der Waals surface area contributed by atoms with Crippen LogP contribution < -0.4 is 0 Å². The van der Waals surface area contributed by atoms with Gasteiger partial charge in [0.2, 0.25) is 0 Å². The van der Waals surface area contributed by atoms with E-state index in [0.717, 1.165) is 16.9 Å². The topological polar surface area (TPSA) is 81.6 Å². The van der Waals surface area contributed by atoms with E-state index in [1.54, 1.807) is 23.1 Å². The van der Waals surface area contributed by atoms with E-state index < -0.39 is 5.97 Å². The third-order valence-electron chi connectivity index (χ3n) is 4.41. The molecular formula is C19H23N3O4. The fourth-order valence-electron chi connectivity index (χ4n) is 3.04. The first-order valence-corrected chi connectivity index (χ1v) is 8.69. The number of benzene rings is 1. The number of ether oxygens (including phenoxy) is 2. The van der Waals surface area contributed by atoms with Gasteiger partial charge in [0.15, 0.2) is 6.61 Å². The zero-order chi connectivity index (χ0) is 18.8. The smallest absolute Gasteiger partial charge is 0.338 e. The summed E-state index contributed by atoms with van der Waals surface area (Å²) in [5, 5.41) is 0. The zero-order valence-electron chi connectivity index (χ0n) is 15.5. The number of hydrogen-bond acceptors (Lipinski definition) is 6. The van der Waals surface area contributed by atoms with Crippen LogP contribution in [0.25, 0.3) is 11.0 Å². The average molecular weight is 357 g/mol. The fourth-order valence-corrected chi connectivity index (χ4v) is 3.04. The molecule has 0 aliphatic carbocycles. The number of rotatable bonds is 3. The van der Waals surface area contributed by atoms with Crippen molar-refractivity contribution in [1.29, 1.82) is 0 Å². The molecular weight excluding hydrogens is 334 g/mol. The Morgan fingerprint density at radius 2 is 1.73 bits per heavy atom. The molecule has 2 heterocycles. The predicted molar refractivity (Wildman–Crippen MR) is 95.9 cm³/mol. The van der Waals surface area contributed by atoms with Gasteiger partial charge in [-0.25, -0.2) is 14.8 Å². The van der Waals surface area contributed by atoms with Crippen LogP contribution in [0.15, 0.2) is 18.2 Å². The largest absolute Gasteiger partial charge is 0.452 e. The van der Waals surface area contributed by atoms with Crippen molar-refractivity contribution in [2.75, 3.05) is 19.7 Å². The molecule has 26 heavy (non-hydrogen) atoms. The van der Waals surface area contributed by atoms with Crippen molar-refractivity contribution in [3.05, 3.63) is 35.2 Å². The first-order chi connectivity index (χ1) is 12.3. The maximum Gasteiger partial charge on any atom is 0.338 e. The van der Waals surface area contributed by atoms with Crippen LogP contribution in [-0.2, 0) is 14.3 Å². The lowest BCUT2D eigenvalue weighted by atomic mass is 10.2. The van der Waals surface area contributed by atoms with Crippen LogP contribution in [-0.4, -0.2) is 58.6 Å². The minimum absolute atomic E-state index is 0.0239. The highest BCUT2D eigenvalue weighted by Crippen LogP contribution is 2.16. The Hall–Kier alpha value is -2.54. The van der Waals surface area contributed by atoms with Gasteiger partial charge in [-0.3, -0.25) is 4.79 Å². The number of aryl methyl sites for hydroxylation is 2. The van der Waals surface area contributed by atoms with Crippen molar-refractivity contribution in [3.8, 4) is 0 Å². The van der Waals surface area contributed by atoms with Gasteiger partial charge in [-0.2, -0.15) is 0 Å². The van der Waals surface area contributed by atoms with Gasteiger partial charge in [0.05, 0.1) is 40.2 Å². The fraction of sp³-hybridized carbons (Fsp3) is 0.474. The molecule has 1 aliphatic heterocycles. The molecule has 0 unspecified atom stereocenters. The van der Waals surface area contributed by atoms with Crippen LogP contribution in [0.5, 0.6) is 0 Å². The van der Waals surface area contributed by atoms with Crippen molar-refractivity contribution < 1.29 is 19.1 Å². The lowest BCUT2D eigenvalue weighted by Gasteiger charge is -2.35. The van der Waals surface area contributed by atoms with Gasteiger partial charge in [0, 0.05) is 13.1 Å². The number of amides is 1. The summed E-state index contributed by atoms with van der Waals surface area (Å²) >= 11 is 0. The average Bonchev–Trinajstić information content (AvgIpc) is 2.59. The Bertz CT molecular complexity index is 842. The Morgan fingerprint density at radius 1 is 1.12 bits per heavy atom. The van der Waals surface area contributed by atoms with Crippen LogP contribution in [0, 0.1) is 13.8 Å². The Balaban J connectivity index is 1.65. The van der Waals surface area contributed by atoms with E-state index in [9.17, 15) is 9.59 Å². The molecule has 2 atom stereocenters. The molecule has 7 heteroatoms. The summed E-state index contributed by atoms with van der Waals surface area (Å²) in [5.41, 5.74) is 3.37. The quantitative estimate of drug-likeness (QED) is 0.782. The van der Waals surface area contributed by atoms with Gasteiger partial charge in [-0.15, -0.1) is 0 Å². The van der Waals surface area contributed by atoms with Crippen LogP contribution in [0.4, 0.5) is 0 Å². The summed E-state index contributed by atoms with van der Waals surface area (Å²) in [5.74, 6) is -0.762. The molecule has 138 valence electrons. The van der Waals surface area contributed by atoms with Crippen LogP contribution in [0.2, 0.25) is 0 Å². The van der Waals surface area contributed by atoms with E-state index in [1.165, 1.54) is 0 Å². The second-order valence-corrected chi connectivity index (χ2v) is 6.73. The highest BCUT2D eigenvalue weighted by molar-refractivity contribution is 5.94. The third-order valence-corrected chi connectivity index (χ3v) is 4.41. The summed E-state index contributed by atoms with van der Waals surface area (Å²) in [6, 6.07) is 5.01. The second-order valence-electron chi connectivity index (χ2n) is 6.73. The number of hydrogen-bond donors (Lipinski definition) is 0. The van der Waals surface area contributed by atoms with E-state index in [4.69, 9.17) is 9.47 Å². The van der Waals surface area contributed by atoms with Gasteiger partial charge in [-0.1, -0.05) is 0 Å². The molecule has 0 spiro atoms. The first kappa shape index (κ1) is 18.3. The first-order valence-electron chi connectivity index (χ1n) is 8.69. The van der Waals surface area contributed by atoms with Crippen LogP contribution in [0.3, 0.4) is 0 Å². The summed E-state index contributed by atoms with van der Waals surface area (Å²) < 4.78 is 10.8. The van der Waals surface area contributed by atoms with E-state index in [2.05, 4.69) is 9.97 Å². The van der Waals surface area contributed by atoms with Crippen molar-refractivity contribution in [3.63, 3.8) is 0 Å². The Kier molecular flexibility index (Phi) is 5.18. The molecule has 0 bridgehead atoms. The number of aromatic nitrogens is 2. The molecule has 1 aliphatic rings. The summed E-state index contributed by atoms with van der Waals surface area (Å²) in [7, 11) is 0. The standard InChI is InChI=1S/C19H23N3O4/c1-11-8-22(9-12(2)26-11)18(23)10-25-19(24)15-5-6-16-17(7-15)21-14(4)13(3)20-16/h5-7,11-12H,8-10H2,1-4H3/t11-,12-/m0/s1. The van der Waals surface area contributed by atoms with E-state index in [1.807, 2.05) is 27.7 Å². The number of carbonyl (C=O) groups excluding carboxylic acids is 2. The van der Waals surface area contributed by atoms with Crippen molar-refractivity contribution in [2.24, 2.45) is 0 Å². The van der Waals surface area contributed by atoms with Crippen LogP contribution in [0.1, 0.15) is 35.6 Å². The van der Waals surface area contributed by atoms with Crippen molar-refractivity contribution >= 4 is 22.9 Å². The molecule has 3 rings (SSSR count).